The molecule has 0 spiro atoms. The van der Waals surface area contributed by atoms with E-state index in [1.165, 1.54) is 37.1 Å². The van der Waals surface area contributed by atoms with Crippen molar-refractivity contribution in [3.8, 4) is 0 Å². The lowest BCUT2D eigenvalue weighted by atomic mass is 9.48. The van der Waals surface area contributed by atoms with Gasteiger partial charge in [0.05, 0.1) is 4.90 Å². The van der Waals surface area contributed by atoms with Gasteiger partial charge in [0.1, 0.15) is 0 Å². The average molecular weight is 496 g/mol. The Morgan fingerprint density at radius 3 is 1.89 bits per heavy atom. The summed E-state index contributed by atoms with van der Waals surface area (Å²) in [7, 11) is -3.96. The highest BCUT2D eigenvalue weighted by Crippen LogP contribution is 2.59. The van der Waals surface area contributed by atoms with Gasteiger partial charge in [-0.2, -0.15) is 0 Å². The number of hydrogen-bond acceptors (Lipinski definition) is 4. The molecule has 4 unspecified atom stereocenters. The normalized spacial score (nSPS) is 27.5. The number of carbonyl (C=O) groups is 2. The summed E-state index contributed by atoms with van der Waals surface area (Å²) in [6, 6.07) is 14.2. The highest BCUT2D eigenvalue weighted by molar-refractivity contribution is 7.90. The number of nitrogens with one attached hydrogen (secondary N) is 1. The third-order valence-corrected chi connectivity index (χ3v) is 10.1. The van der Waals surface area contributed by atoms with Gasteiger partial charge < -0.3 is 0 Å². The predicted octanol–water partition coefficient (Wildman–Crippen LogP) is 6.11. The van der Waals surface area contributed by atoms with Crippen LogP contribution >= 0.6 is 0 Å². The third-order valence-electron chi connectivity index (χ3n) is 8.78. The Labute approximate surface area is 209 Å². The largest absolute Gasteiger partial charge is 0.294 e. The van der Waals surface area contributed by atoms with E-state index < -0.39 is 15.9 Å². The second-order valence-electron chi connectivity index (χ2n) is 11.9. The molecular weight excluding hydrogens is 458 g/mol. The van der Waals surface area contributed by atoms with Gasteiger partial charge in [-0.3, -0.25) is 9.59 Å². The lowest BCUT2D eigenvalue weighted by Crippen LogP contribution is -2.50. The van der Waals surface area contributed by atoms with Crippen LogP contribution in [0.25, 0.3) is 0 Å². The summed E-state index contributed by atoms with van der Waals surface area (Å²) in [5.74, 6) is 0.818. The molecule has 188 valence electrons. The van der Waals surface area contributed by atoms with Crippen LogP contribution in [0, 0.1) is 34.5 Å². The maximum absolute atomic E-state index is 13.6. The molecule has 0 aliphatic heterocycles. The molecule has 2 aromatic carbocycles. The quantitative estimate of drug-likeness (QED) is 0.507. The first-order chi connectivity index (χ1) is 16.3. The molecule has 5 nitrogen and oxygen atoms in total. The fourth-order valence-corrected chi connectivity index (χ4v) is 7.34. The van der Waals surface area contributed by atoms with Crippen molar-refractivity contribution in [1.82, 2.24) is 4.72 Å². The van der Waals surface area contributed by atoms with Crippen molar-refractivity contribution in [1.29, 1.82) is 0 Å². The van der Waals surface area contributed by atoms with Crippen LogP contribution in [0.4, 0.5) is 0 Å². The number of fused-ring (bicyclic) bond motifs is 1. The first-order valence-electron chi connectivity index (χ1n) is 12.6. The number of benzene rings is 2. The van der Waals surface area contributed by atoms with Crippen molar-refractivity contribution in [3.63, 3.8) is 0 Å². The van der Waals surface area contributed by atoms with E-state index in [2.05, 4.69) is 39.3 Å². The Balaban J connectivity index is 1.48. The van der Waals surface area contributed by atoms with Crippen molar-refractivity contribution in [2.24, 2.45) is 34.5 Å². The van der Waals surface area contributed by atoms with Crippen LogP contribution in [0.2, 0.25) is 0 Å². The summed E-state index contributed by atoms with van der Waals surface area (Å²) >= 11 is 0. The zero-order valence-electron chi connectivity index (χ0n) is 21.4. The second-order valence-corrected chi connectivity index (χ2v) is 13.6. The van der Waals surface area contributed by atoms with E-state index in [0.29, 0.717) is 28.7 Å². The monoisotopic (exact) mass is 495 g/mol. The molecule has 35 heavy (non-hydrogen) atoms. The summed E-state index contributed by atoms with van der Waals surface area (Å²) in [6.07, 6.45) is 4.39. The topological polar surface area (TPSA) is 80.3 Å². The van der Waals surface area contributed by atoms with Crippen LogP contribution in [0.15, 0.2) is 59.5 Å². The molecule has 1 amide bonds. The van der Waals surface area contributed by atoms with Gasteiger partial charge in [-0.05, 0) is 78.5 Å². The van der Waals surface area contributed by atoms with Crippen molar-refractivity contribution in [2.45, 2.75) is 65.2 Å². The van der Waals surface area contributed by atoms with Gasteiger partial charge in [-0.1, -0.05) is 65.0 Å². The molecule has 6 heteroatoms. The van der Waals surface area contributed by atoms with E-state index in [-0.39, 0.29) is 27.6 Å². The summed E-state index contributed by atoms with van der Waals surface area (Å²) in [4.78, 5) is 26.2. The number of sulfonamides is 1. The molecule has 2 aliphatic carbocycles. The molecule has 4 atom stereocenters. The maximum Gasteiger partial charge on any atom is 0.264 e. The number of Topliss-reactive ketones (excluding diaryl/α,β-unsaturated/α-hetero) is 1. The van der Waals surface area contributed by atoms with E-state index in [9.17, 15) is 18.0 Å². The Hall–Kier alpha value is -2.47. The van der Waals surface area contributed by atoms with E-state index in [1.807, 2.05) is 0 Å². The van der Waals surface area contributed by atoms with Crippen LogP contribution in [-0.4, -0.2) is 20.1 Å². The van der Waals surface area contributed by atoms with Crippen molar-refractivity contribution >= 4 is 21.7 Å². The Bertz CT molecular complexity index is 1200. The Morgan fingerprint density at radius 1 is 0.800 bits per heavy atom. The summed E-state index contributed by atoms with van der Waals surface area (Å²) < 4.78 is 27.0. The third kappa shape index (κ3) is 5.09. The second kappa shape index (κ2) is 9.20. The maximum atomic E-state index is 13.6. The lowest BCUT2D eigenvalue weighted by molar-refractivity contribution is -0.0694. The zero-order valence-corrected chi connectivity index (χ0v) is 22.2. The zero-order chi connectivity index (χ0) is 25.6. The minimum absolute atomic E-state index is 0.0264. The van der Waals surface area contributed by atoms with Crippen LogP contribution < -0.4 is 4.72 Å². The van der Waals surface area contributed by atoms with E-state index in [4.69, 9.17) is 0 Å². The van der Waals surface area contributed by atoms with Crippen LogP contribution in [0.1, 0.15) is 81.0 Å². The first kappa shape index (κ1) is 25.6. The fourth-order valence-electron chi connectivity index (χ4n) is 6.35. The van der Waals surface area contributed by atoms with Gasteiger partial charge in [0.2, 0.25) is 0 Å². The molecule has 2 fully saturated rings. The van der Waals surface area contributed by atoms with Gasteiger partial charge in [-0.15, -0.1) is 0 Å². The van der Waals surface area contributed by atoms with Gasteiger partial charge in [-0.25, -0.2) is 13.1 Å². The molecule has 2 aromatic rings. The van der Waals surface area contributed by atoms with Gasteiger partial charge in [0, 0.05) is 17.0 Å². The summed E-state index contributed by atoms with van der Waals surface area (Å²) in [5.41, 5.74) is 1.31. The standard InChI is InChI=1S/C29H37NO4S/c1-19-17-24-25(29(4,5)16-15-28(24,2)3)18-23(19)26(31)20-11-13-21(14-12-20)27(32)30-35(33,34)22-9-7-6-8-10-22/h6-14,19,23-25H,15-18H2,1-5H3,(H,30,32). The first-order valence-corrected chi connectivity index (χ1v) is 14.1. The highest BCUT2D eigenvalue weighted by Gasteiger charge is 2.52. The molecule has 0 heterocycles. The summed E-state index contributed by atoms with van der Waals surface area (Å²) in [5, 5.41) is 0. The van der Waals surface area contributed by atoms with Gasteiger partial charge >= 0.3 is 0 Å². The number of carbonyl (C=O) groups excluding carboxylic acids is 2. The molecular formula is C29H37NO4S. The molecule has 0 saturated heterocycles. The van der Waals surface area contributed by atoms with E-state index >= 15 is 0 Å². The van der Waals surface area contributed by atoms with Crippen LogP contribution in [0.5, 0.6) is 0 Å². The van der Waals surface area contributed by atoms with Gasteiger partial charge in [0.25, 0.3) is 15.9 Å². The fraction of sp³-hybridized carbons (Fsp3) is 0.517. The number of hydrogen-bond donors (Lipinski definition) is 1. The average Bonchev–Trinajstić information content (AvgIpc) is 2.82. The minimum atomic E-state index is -3.96. The molecule has 0 radical (unpaired) electrons. The predicted molar refractivity (Wildman–Crippen MR) is 138 cm³/mol. The van der Waals surface area contributed by atoms with Crippen molar-refractivity contribution in [2.75, 3.05) is 0 Å². The molecule has 2 saturated carbocycles. The van der Waals surface area contributed by atoms with Crippen molar-refractivity contribution < 1.29 is 18.0 Å². The van der Waals surface area contributed by atoms with Crippen LogP contribution in [0.3, 0.4) is 0 Å². The molecule has 0 bridgehead atoms. The Kier molecular flexibility index (Phi) is 6.73. The number of amides is 1. The minimum Gasteiger partial charge on any atom is -0.294 e. The van der Waals surface area contributed by atoms with E-state index in [1.54, 1.807) is 30.3 Å². The number of ketones is 1. The summed E-state index contributed by atoms with van der Waals surface area (Å²) in [6.45, 7) is 11.7. The SMILES string of the molecule is CC1CC2C(CC1C(=O)c1ccc(C(=O)NS(=O)(=O)c3ccccc3)cc1)C(C)(C)CCC2(C)C. The van der Waals surface area contributed by atoms with Gasteiger partial charge in [0.15, 0.2) is 5.78 Å². The molecule has 0 aromatic heterocycles. The number of rotatable bonds is 5. The molecule has 2 aliphatic rings. The van der Waals surface area contributed by atoms with E-state index in [0.717, 1.165) is 12.8 Å². The Morgan fingerprint density at radius 2 is 1.31 bits per heavy atom. The lowest BCUT2D eigenvalue weighted by Gasteiger charge is -2.57. The highest BCUT2D eigenvalue weighted by atomic mass is 32.2. The smallest absolute Gasteiger partial charge is 0.264 e. The van der Waals surface area contributed by atoms with Crippen molar-refractivity contribution in [3.05, 3.63) is 65.7 Å². The van der Waals surface area contributed by atoms with Crippen LogP contribution in [-0.2, 0) is 10.0 Å². The molecule has 1 N–H and O–H groups in total. The molecule has 4 rings (SSSR count).